The molecule has 0 radical (unpaired) electrons. The van der Waals surface area contributed by atoms with Crippen LogP contribution in [-0.4, -0.2) is 57.3 Å². The van der Waals surface area contributed by atoms with Crippen LogP contribution in [0.3, 0.4) is 0 Å². The summed E-state index contributed by atoms with van der Waals surface area (Å²) >= 11 is 0. The van der Waals surface area contributed by atoms with Gasteiger partial charge in [-0.25, -0.2) is 8.42 Å². The van der Waals surface area contributed by atoms with Gasteiger partial charge in [-0.15, -0.1) is 0 Å². The molecule has 1 heterocycles. The first kappa shape index (κ1) is 19.5. The molecule has 0 aromatic heterocycles. The van der Waals surface area contributed by atoms with Crippen LogP contribution < -0.4 is 14.8 Å². The van der Waals surface area contributed by atoms with Crippen molar-refractivity contribution >= 4 is 21.6 Å². The molecule has 25 heavy (non-hydrogen) atoms. The van der Waals surface area contributed by atoms with Gasteiger partial charge in [-0.1, -0.05) is 0 Å². The first-order chi connectivity index (χ1) is 11.8. The summed E-state index contributed by atoms with van der Waals surface area (Å²) < 4.78 is 32.6. The molecule has 2 N–H and O–H groups in total. The Balaban J connectivity index is 1.96. The van der Waals surface area contributed by atoms with Crippen molar-refractivity contribution in [1.82, 2.24) is 10.2 Å². The van der Waals surface area contributed by atoms with Crippen LogP contribution in [0.2, 0.25) is 0 Å². The van der Waals surface area contributed by atoms with Crippen molar-refractivity contribution < 1.29 is 17.9 Å². The van der Waals surface area contributed by atoms with Crippen LogP contribution in [-0.2, 0) is 14.8 Å². The number of carbonyl (C=O) groups is 1. The fraction of sp³-hybridized carbons (Fsp3) is 0.588. The van der Waals surface area contributed by atoms with Crippen LogP contribution in [0.5, 0.6) is 5.75 Å². The molecule has 1 aromatic carbocycles. The molecule has 2 rings (SSSR count). The summed E-state index contributed by atoms with van der Waals surface area (Å²) in [5, 5.41) is 3.04. The fourth-order valence-corrected chi connectivity index (χ4v) is 4.01. The summed E-state index contributed by atoms with van der Waals surface area (Å²) in [6, 6.07) is 6.71. The monoisotopic (exact) mass is 369 g/mol. The molecule has 0 aliphatic carbocycles. The zero-order valence-electron chi connectivity index (χ0n) is 15.0. The molecule has 0 saturated carbocycles. The third-order valence-electron chi connectivity index (χ3n) is 3.95. The van der Waals surface area contributed by atoms with Crippen molar-refractivity contribution in [1.29, 1.82) is 0 Å². The van der Waals surface area contributed by atoms with Crippen molar-refractivity contribution in [3.63, 3.8) is 0 Å². The van der Waals surface area contributed by atoms with Crippen LogP contribution >= 0.6 is 0 Å². The molecule has 0 spiro atoms. The maximum Gasteiger partial charge on any atom is 0.241 e. The summed E-state index contributed by atoms with van der Waals surface area (Å²) in [7, 11) is -1.92. The van der Waals surface area contributed by atoms with Crippen molar-refractivity contribution in [3.8, 4) is 5.75 Å². The van der Waals surface area contributed by atoms with E-state index in [0.717, 1.165) is 12.8 Å². The van der Waals surface area contributed by atoms with Gasteiger partial charge in [0.05, 0.1) is 6.10 Å². The van der Waals surface area contributed by atoms with Gasteiger partial charge in [-0.05, 0) is 58.0 Å². The second-order valence-corrected chi connectivity index (χ2v) is 8.22. The lowest BCUT2D eigenvalue weighted by molar-refractivity contribution is -0.129. The molecule has 1 aromatic rings. The molecule has 1 saturated heterocycles. The minimum Gasteiger partial charge on any atom is -0.491 e. The van der Waals surface area contributed by atoms with Crippen LogP contribution in [0, 0.1) is 0 Å². The second kappa shape index (κ2) is 8.53. The van der Waals surface area contributed by atoms with Crippen LogP contribution in [0.1, 0.15) is 26.7 Å². The van der Waals surface area contributed by atoms with E-state index in [1.54, 1.807) is 29.2 Å². The lowest BCUT2D eigenvalue weighted by atomic mass is 10.2. The van der Waals surface area contributed by atoms with Crippen LogP contribution in [0.4, 0.5) is 5.69 Å². The molecule has 1 aliphatic heterocycles. The number of amides is 1. The number of nitrogens with one attached hydrogen (secondary N) is 2. The van der Waals surface area contributed by atoms with E-state index in [2.05, 4.69) is 10.0 Å². The Hall–Kier alpha value is -1.80. The molecule has 1 amide bonds. The highest BCUT2D eigenvalue weighted by Gasteiger charge is 2.30. The number of nitrogens with zero attached hydrogens (tertiary/aromatic N) is 1. The van der Waals surface area contributed by atoms with Gasteiger partial charge in [0.2, 0.25) is 15.9 Å². The van der Waals surface area contributed by atoms with E-state index >= 15 is 0 Å². The number of hydrogen-bond donors (Lipinski definition) is 2. The fourth-order valence-electron chi connectivity index (χ4n) is 2.95. The predicted octanol–water partition coefficient (Wildman–Crippen LogP) is 1.43. The number of carbonyl (C=O) groups excluding carboxylic acids is 1. The number of sulfonamides is 1. The molecule has 1 fully saturated rings. The molecule has 8 heteroatoms. The highest BCUT2D eigenvalue weighted by molar-refractivity contribution is 7.93. The third-order valence-corrected chi connectivity index (χ3v) is 5.12. The van der Waals surface area contributed by atoms with Crippen molar-refractivity contribution in [2.24, 2.45) is 0 Å². The maximum absolute atomic E-state index is 12.4. The van der Waals surface area contributed by atoms with Gasteiger partial charge in [-0.2, -0.15) is 0 Å². The maximum atomic E-state index is 12.4. The topological polar surface area (TPSA) is 87.7 Å². The average molecular weight is 369 g/mol. The number of hydrogen-bond acceptors (Lipinski definition) is 5. The molecular weight excluding hydrogens is 342 g/mol. The van der Waals surface area contributed by atoms with Gasteiger partial charge in [0, 0.05) is 24.8 Å². The highest BCUT2D eigenvalue weighted by atomic mass is 32.2. The van der Waals surface area contributed by atoms with E-state index < -0.39 is 15.8 Å². The van der Waals surface area contributed by atoms with Crippen LogP contribution in [0.15, 0.2) is 24.3 Å². The SMILES string of the molecule is CNCC1CCCN1C(=O)CS(=O)(=O)Nc1ccc(OC(C)C)cc1. The standard InChI is InChI=1S/C17H27N3O4S/c1-13(2)24-16-8-6-14(7-9-16)19-25(22,23)12-17(21)20-10-4-5-15(20)11-18-3/h6-9,13,15,18-19H,4-5,10-12H2,1-3H3. The number of rotatable bonds is 8. The van der Waals surface area contributed by atoms with E-state index in [-0.39, 0.29) is 18.1 Å². The summed E-state index contributed by atoms with van der Waals surface area (Å²) in [5.74, 6) is -0.233. The Labute approximate surface area is 149 Å². The van der Waals surface area contributed by atoms with E-state index in [1.807, 2.05) is 20.9 Å². The lowest BCUT2D eigenvalue weighted by Gasteiger charge is -2.24. The summed E-state index contributed by atoms with van der Waals surface area (Å²) in [6.07, 6.45) is 1.85. The zero-order chi connectivity index (χ0) is 18.4. The quantitative estimate of drug-likeness (QED) is 0.724. The van der Waals surface area contributed by atoms with E-state index in [4.69, 9.17) is 4.74 Å². The Morgan fingerprint density at radius 2 is 2.00 bits per heavy atom. The minimum atomic E-state index is -3.75. The largest absolute Gasteiger partial charge is 0.491 e. The molecule has 0 bridgehead atoms. The Morgan fingerprint density at radius 1 is 1.32 bits per heavy atom. The van der Waals surface area contributed by atoms with Gasteiger partial charge in [-0.3, -0.25) is 9.52 Å². The minimum absolute atomic E-state index is 0.0474. The number of ether oxygens (including phenoxy) is 1. The normalized spacial score (nSPS) is 17.8. The van der Waals surface area contributed by atoms with E-state index in [9.17, 15) is 13.2 Å². The van der Waals surface area contributed by atoms with Gasteiger partial charge < -0.3 is 15.0 Å². The number of likely N-dealkylation sites (tertiary alicyclic amines) is 1. The molecule has 1 atom stereocenters. The molecule has 1 aliphatic rings. The molecule has 140 valence electrons. The predicted molar refractivity (Wildman–Crippen MR) is 98.3 cm³/mol. The van der Waals surface area contributed by atoms with Gasteiger partial charge in [0.25, 0.3) is 0 Å². The first-order valence-electron chi connectivity index (χ1n) is 8.52. The second-order valence-electron chi connectivity index (χ2n) is 6.49. The number of benzene rings is 1. The average Bonchev–Trinajstić information content (AvgIpc) is 2.97. The Bertz CT molecular complexity index is 674. The molecular formula is C17H27N3O4S. The summed E-state index contributed by atoms with van der Waals surface area (Å²) in [5.41, 5.74) is 0.414. The molecule has 7 nitrogen and oxygen atoms in total. The van der Waals surface area contributed by atoms with E-state index in [0.29, 0.717) is 24.5 Å². The van der Waals surface area contributed by atoms with Gasteiger partial charge >= 0.3 is 0 Å². The van der Waals surface area contributed by atoms with Gasteiger partial charge in [0.15, 0.2) is 0 Å². The first-order valence-corrected chi connectivity index (χ1v) is 10.2. The molecule has 1 unspecified atom stereocenters. The van der Waals surface area contributed by atoms with E-state index in [1.165, 1.54) is 0 Å². The van der Waals surface area contributed by atoms with Crippen LogP contribution in [0.25, 0.3) is 0 Å². The Morgan fingerprint density at radius 3 is 2.60 bits per heavy atom. The third kappa shape index (κ3) is 5.89. The summed E-state index contributed by atoms with van der Waals surface area (Å²) in [6.45, 7) is 5.13. The lowest BCUT2D eigenvalue weighted by Crippen LogP contribution is -2.44. The number of likely N-dealkylation sites (N-methyl/N-ethyl adjacent to an activating group) is 1. The van der Waals surface area contributed by atoms with Crippen molar-refractivity contribution in [2.45, 2.75) is 38.8 Å². The van der Waals surface area contributed by atoms with Crippen molar-refractivity contribution in [3.05, 3.63) is 24.3 Å². The Kier molecular flexibility index (Phi) is 6.66. The highest BCUT2D eigenvalue weighted by Crippen LogP contribution is 2.19. The summed E-state index contributed by atoms with van der Waals surface area (Å²) in [4.78, 5) is 14.0. The zero-order valence-corrected chi connectivity index (χ0v) is 15.8. The van der Waals surface area contributed by atoms with Gasteiger partial charge in [0.1, 0.15) is 11.5 Å². The van der Waals surface area contributed by atoms with Crippen molar-refractivity contribution in [2.75, 3.05) is 30.6 Å². The smallest absolute Gasteiger partial charge is 0.241 e. The number of anilines is 1.